The Morgan fingerprint density at radius 1 is 1.27 bits per heavy atom. The molecule has 0 amide bonds. The zero-order valence-electron chi connectivity index (χ0n) is 8.06. The van der Waals surface area contributed by atoms with Crippen LogP contribution in [0.4, 0.5) is 13.2 Å². The van der Waals surface area contributed by atoms with Crippen LogP contribution in [0.5, 0.6) is 0 Å². The average molecular weight is 219 g/mol. The van der Waals surface area contributed by atoms with Crippen molar-refractivity contribution in [3.63, 3.8) is 0 Å². The van der Waals surface area contributed by atoms with E-state index >= 15 is 0 Å². The molecule has 0 aromatic carbocycles. The summed E-state index contributed by atoms with van der Waals surface area (Å²) in [6.45, 7) is 1.68. The number of nitrogens with zero attached hydrogens (tertiary/aromatic N) is 1. The second kappa shape index (κ2) is 3.84. The second-order valence-electron chi connectivity index (χ2n) is 3.70. The van der Waals surface area contributed by atoms with Crippen LogP contribution in [0, 0.1) is 0 Å². The van der Waals surface area contributed by atoms with E-state index in [0.29, 0.717) is 5.82 Å². The topological polar surface area (TPSA) is 40.7 Å². The Kier molecular flexibility index (Phi) is 2.68. The van der Waals surface area contributed by atoms with Crippen molar-refractivity contribution in [1.29, 1.82) is 0 Å². The third kappa shape index (κ3) is 2.31. The lowest BCUT2D eigenvalue weighted by Crippen LogP contribution is -2.27. The van der Waals surface area contributed by atoms with Gasteiger partial charge in [0.2, 0.25) is 0 Å². The SMILES string of the molecule is FC(F)(F)c1cnc(C2CCNCC2)[nH]1. The summed E-state index contributed by atoms with van der Waals surface area (Å²) >= 11 is 0. The van der Waals surface area contributed by atoms with Gasteiger partial charge in [0.15, 0.2) is 0 Å². The van der Waals surface area contributed by atoms with Crippen LogP contribution in [0.3, 0.4) is 0 Å². The molecule has 1 aromatic rings. The van der Waals surface area contributed by atoms with Crippen LogP contribution in [0.15, 0.2) is 6.20 Å². The molecular formula is C9H12F3N3. The Labute approximate surface area is 85.1 Å². The van der Waals surface area contributed by atoms with Crippen LogP contribution in [0.1, 0.15) is 30.3 Å². The molecule has 2 N–H and O–H groups in total. The molecule has 1 saturated heterocycles. The van der Waals surface area contributed by atoms with Crippen molar-refractivity contribution in [3.05, 3.63) is 17.7 Å². The van der Waals surface area contributed by atoms with Crippen molar-refractivity contribution in [2.45, 2.75) is 24.9 Å². The zero-order chi connectivity index (χ0) is 10.9. The van der Waals surface area contributed by atoms with Crippen LogP contribution >= 0.6 is 0 Å². The molecule has 84 valence electrons. The summed E-state index contributed by atoms with van der Waals surface area (Å²) in [5, 5.41) is 3.16. The average Bonchev–Trinajstić information content (AvgIpc) is 2.67. The molecule has 1 aliphatic heterocycles. The molecule has 2 rings (SSSR count). The molecule has 0 radical (unpaired) electrons. The van der Waals surface area contributed by atoms with Crippen molar-refractivity contribution in [3.8, 4) is 0 Å². The predicted molar refractivity (Wildman–Crippen MR) is 48.4 cm³/mol. The maximum Gasteiger partial charge on any atom is 0.432 e. The highest BCUT2D eigenvalue weighted by Crippen LogP contribution is 2.30. The number of hydrogen-bond acceptors (Lipinski definition) is 2. The minimum Gasteiger partial charge on any atom is -0.338 e. The van der Waals surface area contributed by atoms with Crippen molar-refractivity contribution < 1.29 is 13.2 Å². The summed E-state index contributed by atoms with van der Waals surface area (Å²) in [5.74, 6) is 0.589. The Morgan fingerprint density at radius 3 is 2.47 bits per heavy atom. The van der Waals surface area contributed by atoms with E-state index in [1.807, 2.05) is 0 Å². The van der Waals surface area contributed by atoms with Crippen molar-refractivity contribution in [2.75, 3.05) is 13.1 Å². The molecule has 0 saturated carbocycles. The summed E-state index contributed by atoms with van der Waals surface area (Å²) in [7, 11) is 0. The van der Waals surface area contributed by atoms with Gasteiger partial charge in [0.25, 0.3) is 0 Å². The first-order valence-corrected chi connectivity index (χ1v) is 4.90. The highest BCUT2D eigenvalue weighted by molar-refractivity contribution is 5.09. The minimum absolute atomic E-state index is 0.127. The van der Waals surface area contributed by atoms with Gasteiger partial charge in [-0.05, 0) is 25.9 Å². The van der Waals surface area contributed by atoms with E-state index in [-0.39, 0.29) is 5.92 Å². The van der Waals surface area contributed by atoms with E-state index in [4.69, 9.17) is 0 Å². The monoisotopic (exact) mass is 219 g/mol. The van der Waals surface area contributed by atoms with E-state index in [2.05, 4.69) is 15.3 Å². The van der Waals surface area contributed by atoms with Gasteiger partial charge in [0.1, 0.15) is 11.5 Å². The molecule has 0 aliphatic carbocycles. The van der Waals surface area contributed by atoms with Gasteiger partial charge in [-0.3, -0.25) is 0 Å². The molecule has 15 heavy (non-hydrogen) atoms. The van der Waals surface area contributed by atoms with Gasteiger partial charge in [-0.2, -0.15) is 13.2 Å². The van der Waals surface area contributed by atoms with Crippen LogP contribution < -0.4 is 5.32 Å². The summed E-state index contributed by atoms with van der Waals surface area (Å²) in [6.07, 6.45) is -1.77. The fraction of sp³-hybridized carbons (Fsp3) is 0.667. The molecule has 0 spiro atoms. The van der Waals surface area contributed by atoms with E-state index in [1.54, 1.807) is 0 Å². The first kappa shape index (κ1) is 10.5. The highest BCUT2D eigenvalue weighted by atomic mass is 19.4. The van der Waals surface area contributed by atoms with Crippen LogP contribution in [0.2, 0.25) is 0 Å². The molecule has 3 nitrogen and oxygen atoms in total. The van der Waals surface area contributed by atoms with E-state index < -0.39 is 11.9 Å². The number of imidazole rings is 1. The number of piperidine rings is 1. The summed E-state index contributed by atoms with van der Waals surface area (Å²) in [6, 6.07) is 0. The smallest absolute Gasteiger partial charge is 0.338 e. The lowest BCUT2D eigenvalue weighted by atomic mass is 9.98. The number of aromatic amines is 1. The Morgan fingerprint density at radius 2 is 1.93 bits per heavy atom. The Bertz CT molecular complexity index is 326. The molecule has 1 fully saturated rings. The maximum absolute atomic E-state index is 12.3. The van der Waals surface area contributed by atoms with Gasteiger partial charge in [0.05, 0.1) is 6.20 Å². The Hall–Kier alpha value is -1.04. The second-order valence-corrected chi connectivity index (χ2v) is 3.70. The lowest BCUT2D eigenvalue weighted by molar-refractivity contribution is -0.141. The largest absolute Gasteiger partial charge is 0.432 e. The van der Waals surface area contributed by atoms with Crippen LogP contribution in [-0.2, 0) is 6.18 Å². The molecule has 0 bridgehead atoms. The summed E-state index contributed by atoms with van der Waals surface area (Å²) < 4.78 is 36.9. The first-order chi connectivity index (χ1) is 7.07. The minimum atomic E-state index is -4.32. The normalized spacial score (nSPS) is 19.4. The molecular weight excluding hydrogens is 207 g/mol. The van der Waals surface area contributed by atoms with Gasteiger partial charge >= 0.3 is 6.18 Å². The summed E-state index contributed by atoms with van der Waals surface area (Å²) in [5.41, 5.74) is -0.754. The van der Waals surface area contributed by atoms with E-state index in [0.717, 1.165) is 32.1 Å². The molecule has 0 atom stereocenters. The maximum atomic E-state index is 12.3. The third-order valence-electron chi connectivity index (χ3n) is 2.63. The van der Waals surface area contributed by atoms with Gasteiger partial charge in [0, 0.05) is 5.92 Å². The molecule has 2 heterocycles. The summed E-state index contributed by atoms with van der Waals surface area (Å²) in [4.78, 5) is 6.16. The highest BCUT2D eigenvalue weighted by Gasteiger charge is 2.33. The Balaban J connectivity index is 2.12. The first-order valence-electron chi connectivity index (χ1n) is 4.90. The fourth-order valence-corrected chi connectivity index (χ4v) is 1.78. The number of halogens is 3. The van der Waals surface area contributed by atoms with Crippen LogP contribution in [-0.4, -0.2) is 23.1 Å². The van der Waals surface area contributed by atoms with Crippen molar-refractivity contribution in [1.82, 2.24) is 15.3 Å². The van der Waals surface area contributed by atoms with Crippen molar-refractivity contribution >= 4 is 0 Å². The van der Waals surface area contributed by atoms with Gasteiger partial charge in [-0.1, -0.05) is 0 Å². The molecule has 0 unspecified atom stereocenters. The van der Waals surface area contributed by atoms with E-state index in [9.17, 15) is 13.2 Å². The molecule has 1 aliphatic rings. The molecule has 6 heteroatoms. The van der Waals surface area contributed by atoms with Gasteiger partial charge in [-0.25, -0.2) is 4.98 Å². The number of nitrogens with one attached hydrogen (secondary N) is 2. The number of alkyl halides is 3. The van der Waals surface area contributed by atoms with E-state index in [1.165, 1.54) is 0 Å². The third-order valence-corrected chi connectivity index (χ3v) is 2.63. The number of rotatable bonds is 1. The predicted octanol–water partition coefficient (Wildman–Crippen LogP) is 1.90. The van der Waals surface area contributed by atoms with Crippen molar-refractivity contribution in [2.24, 2.45) is 0 Å². The number of hydrogen-bond donors (Lipinski definition) is 2. The fourth-order valence-electron chi connectivity index (χ4n) is 1.78. The lowest BCUT2D eigenvalue weighted by Gasteiger charge is -2.20. The molecule has 1 aromatic heterocycles. The zero-order valence-corrected chi connectivity index (χ0v) is 8.06. The standard InChI is InChI=1S/C9H12F3N3/c10-9(11,12)7-5-14-8(15-7)6-1-3-13-4-2-6/h5-6,13H,1-4H2,(H,14,15). The number of aromatic nitrogens is 2. The van der Waals surface area contributed by atoms with Gasteiger partial charge < -0.3 is 10.3 Å². The number of H-pyrrole nitrogens is 1. The van der Waals surface area contributed by atoms with Gasteiger partial charge in [-0.15, -0.1) is 0 Å². The van der Waals surface area contributed by atoms with Crippen LogP contribution in [0.25, 0.3) is 0 Å². The quantitative estimate of drug-likeness (QED) is 0.757.